The van der Waals surface area contributed by atoms with Gasteiger partial charge in [-0.3, -0.25) is 0 Å². The summed E-state index contributed by atoms with van der Waals surface area (Å²) in [6.45, 7) is 0. The minimum Gasteiger partial charge on any atom is -0.248 e. The first-order chi connectivity index (χ1) is 29.2. The molecule has 2 aromatic heterocycles. The number of rotatable bonds is 7. The van der Waals surface area contributed by atoms with E-state index in [0.29, 0.717) is 17.5 Å². The molecule has 0 unspecified atom stereocenters. The lowest BCUT2D eigenvalue weighted by Gasteiger charge is -2.34. The molecule has 0 radical (unpaired) electrons. The van der Waals surface area contributed by atoms with E-state index < -0.39 is 5.41 Å². The zero-order valence-electron chi connectivity index (χ0n) is 32.1. The molecule has 0 atom stereocenters. The standard InChI is InChI=1S/C55H36N4/c1-6-19-37(20-7-1)45-35-50(40-25-18-26-41(33-40)54-58-52(38-21-8-2-9-22-38)57-53(59-54)39-23-10-3-11-24-39)56-51-36-49-46(34-47(45)51)44-31-16-17-32-48(44)55(49,42-27-12-4-13-28-42)43-29-14-5-15-30-43/h1-36H. The van der Waals surface area contributed by atoms with Crippen LogP contribution in [0, 0.1) is 0 Å². The molecule has 10 aromatic rings. The lowest BCUT2D eigenvalue weighted by Crippen LogP contribution is -2.28. The number of hydrogen-bond acceptors (Lipinski definition) is 4. The van der Waals surface area contributed by atoms with Gasteiger partial charge in [0.25, 0.3) is 0 Å². The van der Waals surface area contributed by atoms with Gasteiger partial charge < -0.3 is 0 Å². The molecule has 0 saturated heterocycles. The van der Waals surface area contributed by atoms with Crippen LogP contribution in [-0.2, 0) is 5.41 Å². The Hall–Kier alpha value is -7.82. The highest BCUT2D eigenvalue weighted by atomic mass is 15.0. The molecule has 0 N–H and O–H groups in total. The molecule has 59 heavy (non-hydrogen) atoms. The van der Waals surface area contributed by atoms with Crippen LogP contribution >= 0.6 is 0 Å². The van der Waals surface area contributed by atoms with Crippen molar-refractivity contribution < 1.29 is 0 Å². The van der Waals surface area contributed by atoms with Crippen LogP contribution < -0.4 is 0 Å². The third-order valence-electron chi connectivity index (χ3n) is 11.6. The second-order valence-electron chi connectivity index (χ2n) is 15.0. The Morgan fingerprint density at radius 3 is 1.36 bits per heavy atom. The number of fused-ring (bicyclic) bond motifs is 4. The maximum absolute atomic E-state index is 5.54. The van der Waals surface area contributed by atoms with Crippen LogP contribution in [0.3, 0.4) is 0 Å². The van der Waals surface area contributed by atoms with Crippen molar-refractivity contribution in [2.45, 2.75) is 5.41 Å². The zero-order chi connectivity index (χ0) is 39.2. The highest BCUT2D eigenvalue weighted by Crippen LogP contribution is 2.57. The topological polar surface area (TPSA) is 51.6 Å². The monoisotopic (exact) mass is 752 g/mol. The van der Waals surface area contributed by atoms with Gasteiger partial charge in [0.2, 0.25) is 0 Å². The van der Waals surface area contributed by atoms with Gasteiger partial charge in [0.15, 0.2) is 17.5 Å². The molecule has 0 aliphatic heterocycles. The minimum atomic E-state index is -0.529. The van der Waals surface area contributed by atoms with Gasteiger partial charge in [-0.25, -0.2) is 19.9 Å². The van der Waals surface area contributed by atoms with Gasteiger partial charge in [0, 0.05) is 27.6 Å². The minimum absolute atomic E-state index is 0.529. The van der Waals surface area contributed by atoms with Crippen LogP contribution in [0.2, 0.25) is 0 Å². The molecule has 2 heterocycles. The second-order valence-corrected chi connectivity index (χ2v) is 15.0. The smallest absolute Gasteiger partial charge is 0.164 e. The second kappa shape index (κ2) is 14.3. The maximum atomic E-state index is 5.54. The van der Waals surface area contributed by atoms with E-state index in [0.717, 1.165) is 50.0 Å². The predicted molar refractivity (Wildman–Crippen MR) is 240 cm³/mol. The molecule has 1 aliphatic rings. The van der Waals surface area contributed by atoms with Crippen LogP contribution in [0.5, 0.6) is 0 Å². The summed E-state index contributed by atoms with van der Waals surface area (Å²) in [5.74, 6) is 1.87. The third-order valence-corrected chi connectivity index (χ3v) is 11.6. The molecule has 8 aromatic carbocycles. The van der Waals surface area contributed by atoms with Gasteiger partial charge in [-0.15, -0.1) is 0 Å². The Balaban J connectivity index is 1.14. The first-order valence-corrected chi connectivity index (χ1v) is 20.0. The molecule has 11 rings (SSSR count). The summed E-state index contributed by atoms with van der Waals surface area (Å²) in [6.07, 6.45) is 0. The molecular formula is C55H36N4. The van der Waals surface area contributed by atoms with E-state index in [1.165, 1.54) is 33.4 Å². The number of pyridine rings is 1. The first-order valence-electron chi connectivity index (χ1n) is 20.0. The van der Waals surface area contributed by atoms with Gasteiger partial charge in [-0.2, -0.15) is 0 Å². The summed E-state index contributed by atoms with van der Waals surface area (Å²) in [6, 6.07) is 77.0. The third kappa shape index (κ3) is 5.84. The Morgan fingerprint density at radius 2 is 0.763 bits per heavy atom. The predicted octanol–water partition coefficient (Wildman–Crippen LogP) is 13.1. The quantitative estimate of drug-likeness (QED) is 0.163. The molecule has 0 bridgehead atoms. The average Bonchev–Trinajstić information content (AvgIpc) is 3.61. The molecule has 0 fully saturated rings. The van der Waals surface area contributed by atoms with Crippen LogP contribution in [0.15, 0.2) is 218 Å². The van der Waals surface area contributed by atoms with Crippen molar-refractivity contribution in [1.82, 2.24) is 19.9 Å². The number of benzene rings is 8. The summed E-state index contributed by atoms with van der Waals surface area (Å²) < 4.78 is 0. The fraction of sp³-hybridized carbons (Fsp3) is 0.0182. The fourth-order valence-electron chi connectivity index (χ4n) is 8.92. The van der Waals surface area contributed by atoms with Crippen LogP contribution in [0.25, 0.3) is 78.6 Å². The van der Waals surface area contributed by atoms with E-state index in [9.17, 15) is 0 Å². The molecule has 0 spiro atoms. The largest absolute Gasteiger partial charge is 0.248 e. The van der Waals surface area contributed by atoms with Crippen molar-refractivity contribution in [2.24, 2.45) is 0 Å². The Kier molecular flexibility index (Phi) is 8.34. The normalized spacial score (nSPS) is 12.5. The van der Waals surface area contributed by atoms with Gasteiger partial charge in [0.05, 0.1) is 16.6 Å². The molecule has 0 saturated carbocycles. The highest BCUT2D eigenvalue weighted by molar-refractivity contribution is 6.02. The van der Waals surface area contributed by atoms with Crippen molar-refractivity contribution in [1.29, 1.82) is 0 Å². The molecule has 276 valence electrons. The first kappa shape index (κ1) is 34.4. The SMILES string of the molecule is c1ccc(-c2nc(-c3ccccc3)nc(-c3cccc(-c4cc(-c5ccccc5)c5cc6c(cc5n4)C(c4ccccc4)(c4ccccc4)c4ccccc4-6)c3)n2)cc1. The van der Waals surface area contributed by atoms with Crippen molar-refractivity contribution in [3.05, 3.63) is 241 Å². The lowest BCUT2D eigenvalue weighted by atomic mass is 9.67. The highest BCUT2D eigenvalue weighted by Gasteiger charge is 2.46. The van der Waals surface area contributed by atoms with Gasteiger partial charge in [0.1, 0.15) is 0 Å². The molecule has 0 amide bonds. The number of nitrogens with zero attached hydrogens (tertiary/aromatic N) is 4. The summed E-state index contributed by atoms with van der Waals surface area (Å²) >= 11 is 0. The van der Waals surface area contributed by atoms with Gasteiger partial charge in [-0.05, 0) is 68.8 Å². The van der Waals surface area contributed by atoms with Gasteiger partial charge in [-0.1, -0.05) is 194 Å². The van der Waals surface area contributed by atoms with E-state index in [1.807, 2.05) is 60.7 Å². The van der Waals surface area contributed by atoms with Crippen molar-refractivity contribution >= 4 is 10.9 Å². The van der Waals surface area contributed by atoms with Crippen molar-refractivity contribution in [2.75, 3.05) is 0 Å². The Labute approximate surface area is 343 Å². The van der Waals surface area contributed by atoms with Crippen LogP contribution in [0.1, 0.15) is 22.3 Å². The fourth-order valence-corrected chi connectivity index (χ4v) is 8.92. The van der Waals surface area contributed by atoms with Crippen molar-refractivity contribution in [3.63, 3.8) is 0 Å². The van der Waals surface area contributed by atoms with E-state index in [1.54, 1.807) is 0 Å². The maximum Gasteiger partial charge on any atom is 0.164 e. The molecular weight excluding hydrogens is 717 g/mol. The molecule has 4 heteroatoms. The summed E-state index contributed by atoms with van der Waals surface area (Å²) in [5, 5.41) is 1.11. The van der Waals surface area contributed by atoms with Crippen LogP contribution in [0.4, 0.5) is 0 Å². The number of hydrogen-bond donors (Lipinski definition) is 0. The molecule has 1 aliphatic carbocycles. The number of aromatic nitrogens is 4. The van der Waals surface area contributed by atoms with Crippen LogP contribution in [-0.4, -0.2) is 19.9 Å². The van der Waals surface area contributed by atoms with E-state index in [4.69, 9.17) is 19.9 Å². The summed E-state index contributed by atoms with van der Waals surface area (Å²) in [7, 11) is 0. The van der Waals surface area contributed by atoms with E-state index >= 15 is 0 Å². The van der Waals surface area contributed by atoms with E-state index in [2.05, 4.69) is 158 Å². The Bertz CT molecular complexity index is 3030. The van der Waals surface area contributed by atoms with Crippen molar-refractivity contribution in [3.8, 4) is 67.7 Å². The zero-order valence-corrected chi connectivity index (χ0v) is 32.1. The lowest BCUT2D eigenvalue weighted by molar-refractivity contribution is 0.769. The Morgan fingerprint density at radius 1 is 0.288 bits per heavy atom. The van der Waals surface area contributed by atoms with Gasteiger partial charge >= 0.3 is 0 Å². The summed E-state index contributed by atoms with van der Waals surface area (Å²) in [4.78, 5) is 20.5. The average molecular weight is 753 g/mol. The van der Waals surface area contributed by atoms with E-state index in [-0.39, 0.29) is 0 Å². The molecule has 4 nitrogen and oxygen atoms in total. The summed E-state index contributed by atoms with van der Waals surface area (Å²) in [5.41, 5.74) is 14.7.